The van der Waals surface area contributed by atoms with Crippen molar-refractivity contribution in [1.82, 2.24) is 15.2 Å². The Morgan fingerprint density at radius 3 is 2.90 bits per heavy atom. The Balaban J connectivity index is 2.02. The molecule has 0 aliphatic carbocycles. The van der Waals surface area contributed by atoms with E-state index in [1.807, 2.05) is 6.07 Å². The molecule has 0 aliphatic heterocycles. The number of aromatic amines is 1. The molecule has 0 radical (unpaired) electrons. The minimum absolute atomic E-state index is 0.0685. The zero-order valence-electron chi connectivity index (χ0n) is 10.3. The number of thioether (sulfide) groups is 1. The molecule has 104 valence electrons. The molecular weight excluding hydrogens is 298 g/mol. The Labute approximate surface area is 120 Å². The molecule has 9 heteroatoms. The fraction of sp³-hybridized carbons (Fsp3) is 0.182. The highest BCUT2D eigenvalue weighted by atomic mass is 32.2. The SMILES string of the molecule is N#Cc1cccc(S(=O)(=O)CCSc2n[nH]c(N)n2)c1. The fourth-order valence-corrected chi connectivity index (χ4v) is 3.94. The normalized spacial score (nSPS) is 11.2. The van der Waals surface area contributed by atoms with Gasteiger partial charge in [-0.25, -0.2) is 13.5 Å². The summed E-state index contributed by atoms with van der Waals surface area (Å²) < 4.78 is 24.2. The Hall–Kier alpha value is -2.05. The van der Waals surface area contributed by atoms with Gasteiger partial charge >= 0.3 is 0 Å². The number of aromatic nitrogens is 3. The second-order valence-corrected chi connectivity index (χ2v) is 6.98. The van der Waals surface area contributed by atoms with Gasteiger partial charge in [0.25, 0.3) is 0 Å². The number of rotatable bonds is 5. The van der Waals surface area contributed by atoms with Crippen LogP contribution >= 0.6 is 11.8 Å². The number of nitriles is 1. The van der Waals surface area contributed by atoms with Gasteiger partial charge in [0.05, 0.1) is 22.3 Å². The fourth-order valence-electron chi connectivity index (χ4n) is 1.44. The van der Waals surface area contributed by atoms with Crippen LogP contribution in [-0.2, 0) is 9.84 Å². The third-order valence-corrected chi connectivity index (χ3v) is 5.21. The summed E-state index contributed by atoms with van der Waals surface area (Å²) in [5.41, 5.74) is 5.69. The third-order valence-electron chi connectivity index (χ3n) is 2.39. The van der Waals surface area contributed by atoms with Crippen molar-refractivity contribution in [3.8, 4) is 6.07 Å². The molecule has 2 aromatic rings. The summed E-state index contributed by atoms with van der Waals surface area (Å²) in [6.07, 6.45) is 0. The molecule has 2 rings (SSSR count). The zero-order valence-corrected chi connectivity index (χ0v) is 11.9. The first-order valence-electron chi connectivity index (χ1n) is 5.55. The van der Waals surface area contributed by atoms with Crippen molar-refractivity contribution >= 4 is 27.5 Å². The molecule has 1 heterocycles. The van der Waals surface area contributed by atoms with Gasteiger partial charge in [0, 0.05) is 5.75 Å². The zero-order chi connectivity index (χ0) is 14.6. The van der Waals surface area contributed by atoms with Crippen molar-refractivity contribution in [2.75, 3.05) is 17.2 Å². The average molecular weight is 309 g/mol. The smallest absolute Gasteiger partial charge is 0.216 e. The first kappa shape index (κ1) is 14.4. The quantitative estimate of drug-likeness (QED) is 0.783. The molecule has 1 aromatic carbocycles. The van der Waals surface area contributed by atoms with Gasteiger partial charge in [-0.2, -0.15) is 10.2 Å². The Morgan fingerprint density at radius 2 is 2.25 bits per heavy atom. The van der Waals surface area contributed by atoms with E-state index in [1.165, 1.54) is 23.9 Å². The molecule has 0 bridgehead atoms. The number of hydrogen-bond donors (Lipinski definition) is 2. The summed E-state index contributed by atoms with van der Waals surface area (Å²) in [4.78, 5) is 4.01. The predicted octanol–water partition coefficient (Wildman–Crippen LogP) is 0.825. The van der Waals surface area contributed by atoms with E-state index in [0.29, 0.717) is 16.5 Å². The van der Waals surface area contributed by atoms with Crippen LogP contribution in [0.15, 0.2) is 34.3 Å². The maximum atomic E-state index is 12.1. The van der Waals surface area contributed by atoms with Crippen molar-refractivity contribution in [1.29, 1.82) is 5.26 Å². The Morgan fingerprint density at radius 1 is 1.45 bits per heavy atom. The van der Waals surface area contributed by atoms with Crippen molar-refractivity contribution < 1.29 is 8.42 Å². The van der Waals surface area contributed by atoms with Crippen LogP contribution in [0.5, 0.6) is 0 Å². The maximum absolute atomic E-state index is 12.1. The van der Waals surface area contributed by atoms with Crippen LogP contribution in [0.2, 0.25) is 0 Å². The standard InChI is InChI=1S/C11H11N5O2S2/c12-7-8-2-1-3-9(6-8)20(17,18)5-4-19-11-14-10(13)15-16-11/h1-3,6H,4-5H2,(H3,13,14,15,16). The molecule has 0 fully saturated rings. The molecule has 0 saturated carbocycles. The summed E-state index contributed by atoms with van der Waals surface area (Å²) >= 11 is 1.20. The van der Waals surface area contributed by atoms with Gasteiger partial charge in [-0.05, 0) is 18.2 Å². The van der Waals surface area contributed by atoms with Crippen molar-refractivity contribution in [3.63, 3.8) is 0 Å². The number of nitrogens with two attached hydrogens (primary N) is 1. The average Bonchev–Trinajstić information content (AvgIpc) is 2.84. The van der Waals surface area contributed by atoms with Gasteiger partial charge < -0.3 is 5.73 Å². The van der Waals surface area contributed by atoms with E-state index in [9.17, 15) is 8.42 Å². The monoisotopic (exact) mass is 309 g/mol. The van der Waals surface area contributed by atoms with E-state index in [0.717, 1.165) is 0 Å². The van der Waals surface area contributed by atoms with E-state index in [1.54, 1.807) is 12.1 Å². The Kier molecular flexibility index (Phi) is 4.26. The van der Waals surface area contributed by atoms with Gasteiger partial charge in [0.2, 0.25) is 11.1 Å². The van der Waals surface area contributed by atoms with Crippen LogP contribution in [0.1, 0.15) is 5.56 Å². The van der Waals surface area contributed by atoms with Gasteiger partial charge in [-0.3, -0.25) is 0 Å². The molecule has 0 unspecified atom stereocenters. The molecular formula is C11H11N5O2S2. The van der Waals surface area contributed by atoms with E-state index >= 15 is 0 Å². The highest BCUT2D eigenvalue weighted by molar-refractivity contribution is 8.00. The Bertz CT molecular complexity index is 748. The molecule has 3 N–H and O–H groups in total. The van der Waals surface area contributed by atoms with Gasteiger partial charge in [0.15, 0.2) is 9.84 Å². The summed E-state index contributed by atoms with van der Waals surface area (Å²) in [6.45, 7) is 0. The van der Waals surface area contributed by atoms with Crippen molar-refractivity contribution in [3.05, 3.63) is 29.8 Å². The summed E-state index contributed by atoms with van der Waals surface area (Å²) in [7, 11) is -3.43. The van der Waals surface area contributed by atoms with Crippen LogP contribution in [0.25, 0.3) is 0 Å². The van der Waals surface area contributed by atoms with Crippen LogP contribution in [-0.4, -0.2) is 35.1 Å². The van der Waals surface area contributed by atoms with Gasteiger partial charge in [-0.1, -0.05) is 17.8 Å². The van der Waals surface area contributed by atoms with Crippen LogP contribution in [0, 0.1) is 11.3 Å². The van der Waals surface area contributed by atoms with E-state index < -0.39 is 9.84 Å². The van der Waals surface area contributed by atoms with E-state index in [2.05, 4.69) is 15.2 Å². The highest BCUT2D eigenvalue weighted by Crippen LogP contribution is 2.17. The number of nitrogens with one attached hydrogen (secondary N) is 1. The number of benzene rings is 1. The topological polar surface area (TPSA) is 126 Å². The summed E-state index contributed by atoms with van der Waals surface area (Å²) in [6, 6.07) is 7.87. The lowest BCUT2D eigenvalue weighted by Gasteiger charge is -2.03. The first-order chi connectivity index (χ1) is 9.51. The minimum atomic E-state index is -3.43. The van der Waals surface area contributed by atoms with Crippen LogP contribution in [0.3, 0.4) is 0 Å². The first-order valence-corrected chi connectivity index (χ1v) is 8.18. The van der Waals surface area contributed by atoms with Crippen molar-refractivity contribution in [2.24, 2.45) is 0 Å². The number of anilines is 1. The summed E-state index contributed by atoms with van der Waals surface area (Å²) in [5, 5.41) is 15.5. The van der Waals surface area contributed by atoms with E-state index in [4.69, 9.17) is 11.0 Å². The lowest BCUT2D eigenvalue weighted by molar-refractivity contribution is 0.597. The molecule has 0 saturated heterocycles. The maximum Gasteiger partial charge on any atom is 0.216 e. The van der Waals surface area contributed by atoms with Crippen LogP contribution in [0.4, 0.5) is 5.95 Å². The molecule has 0 spiro atoms. The second-order valence-electron chi connectivity index (χ2n) is 3.81. The summed E-state index contributed by atoms with van der Waals surface area (Å²) in [5.74, 6) is 0.425. The van der Waals surface area contributed by atoms with Crippen molar-refractivity contribution in [2.45, 2.75) is 10.1 Å². The number of nitrogens with zero attached hydrogens (tertiary/aromatic N) is 3. The molecule has 1 aromatic heterocycles. The van der Waals surface area contributed by atoms with Crippen LogP contribution < -0.4 is 5.73 Å². The lowest BCUT2D eigenvalue weighted by atomic mass is 10.2. The number of H-pyrrole nitrogens is 1. The van der Waals surface area contributed by atoms with E-state index in [-0.39, 0.29) is 16.6 Å². The minimum Gasteiger partial charge on any atom is -0.368 e. The largest absolute Gasteiger partial charge is 0.368 e. The number of sulfone groups is 1. The molecule has 0 atom stereocenters. The molecule has 0 amide bonds. The highest BCUT2D eigenvalue weighted by Gasteiger charge is 2.15. The van der Waals surface area contributed by atoms with Gasteiger partial charge in [-0.15, -0.1) is 5.10 Å². The molecule has 20 heavy (non-hydrogen) atoms. The van der Waals surface area contributed by atoms with Gasteiger partial charge in [0.1, 0.15) is 0 Å². The third kappa shape index (κ3) is 3.49. The lowest BCUT2D eigenvalue weighted by Crippen LogP contribution is -2.09. The number of nitrogen functional groups attached to an aromatic ring is 1. The number of hydrogen-bond acceptors (Lipinski definition) is 7. The predicted molar refractivity (Wildman–Crippen MR) is 74.7 cm³/mol. The second kappa shape index (κ2) is 5.94. The molecule has 0 aliphatic rings. The molecule has 7 nitrogen and oxygen atoms in total.